The van der Waals surface area contributed by atoms with Crippen LogP contribution in [0.1, 0.15) is 18.5 Å². The first-order chi connectivity index (χ1) is 11.5. The average Bonchev–Trinajstić information content (AvgIpc) is 2.58. The Balaban J connectivity index is 1.78. The molecule has 1 heterocycles. The van der Waals surface area contributed by atoms with Crippen LogP contribution in [0.2, 0.25) is 0 Å². The zero-order valence-corrected chi connectivity index (χ0v) is 14.7. The number of halogens is 1. The molecule has 1 amide bonds. The molecular weight excluding hydrogens is 370 g/mol. The van der Waals surface area contributed by atoms with Crippen molar-refractivity contribution in [3.63, 3.8) is 0 Å². The summed E-state index contributed by atoms with van der Waals surface area (Å²) in [7, 11) is 0. The van der Waals surface area contributed by atoms with E-state index in [1.807, 2.05) is 43.3 Å². The van der Waals surface area contributed by atoms with Gasteiger partial charge in [-0.3, -0.25) is 14.2 Å². The van der Waals surface area contributed by atoms with E-state index < -0.39 is 0 Å². The summed E-state index contributed by atoms with van der Waals surface area (Å²) in [6, 6.07) is 14.9. The molecule has 0 unspecified atom stereocenters. The number of nitrogens with zero attached hydrogens (tertiary/aromatic N) is 2. The molecule has 0 saturated carbocycles. The SMILES string of the molecule is C[C@@H](NC(=O)Cn1cnc2ccc(Br)cc2c1=O)c1ccccc1. The molecule has 0 aliphatic carbocycles. The van der Waals surface area contributed by atoms with Crippen molar-refractivity contribution in [2.45, 2.75) is 19.5 Å². The van der Waals surface area contributed by atoms with Crippen molar-refractivity contribution in [3.05, 3.63) is 75.2 Å². The summed E-state index contributed by atoms with van der Waals surface area (Å²) < 4.78 is 2.12. The Morgan fingerprint density at radius 1 is 1.25 bits per heavy atom. The second kappa shape index (κ2) is 6.97. The van der Waals surface area contributed by atoms with Crippen LogP contribution >= 0.6 is 15.9 Å². The standard InChI is InChI=1S/C18H16BrN3O2/c1-12(13-5-3-2-4-6-13)21-17(23)10-22-11-20-16-8-7-14(19)9-15(16)18(22)24/h2-9,11-12H,10H2,1H3,(H,21,23)/t12-/m1/s1. The Morgan fingerprint density at radius 2 is 2.00 bits per heavy atom. The van der Waals surface area contributed by atoms with Crippen LogP contribution < -0.4 is 10.9 Å². The fraction of sp³-hybridized carbons (Fsp3) is 0.167. The molecule has 0 saturated heterocycles. The first-order valence-corrected chi connectivity index (χ1v) is 8.33. The van der Waals surface area contributed by atoms with E-state index in [1.54, 1.807) is 12.1 Å². The maximum absolute atomic E-state index is 12.5. The first kappa shape index (κ1) is 16.4. The highest BCUT2D eigenvalue weighted by molar-refractivity contribution is 9.10. The minimum absolute atomic E-state index is 0.0640. The molecule has 2 aromatic carbocycles. The number of amides is 1. The highest BCUT2D eigenvalue weighted by Crippen LogP contribution is 2.15. The third-order valence-corrected chi connectivity index (χ3v) is 4.27. The van der Waals surface area contributed by atoms with Crippen LogP contribution in [0.15, 0.2) is 64.1 Å². The highest BCUT2D eigenvalue weighted by Gasteiger charge is 2.12. The number of fused-ring (bicyclic) bond motifs is 1. The molecule has 0 radical (unpaired) electrons. The van der Waals surface area contributed by atoms with E-state index in [1.165, 1.54) is 10.9 Å². The van der Waals surface area contributed by atoms with E-state index in [4.69, 9.17) is 0 Å². The Hall–Kier alpha value is -2.47. The number of carbonyl (C=O) groups is 1. The molecule has 0 bridgehead atoms. The summed E-state index contributed by atoms with van der Waals surface area (Å²) in [5.74, 6) is -0.232. The summed E-state index contributed by atoms with van der Waals surface area (Å²) in [5.41, 5.74) is 1.39. The van der Waals surface area contributed by atoms with Gasteiger partial charge >= 0.3 is 0 Å². The van der Waals surface area contributed by atoms with Gasteiger partial charge in [0.25, 0.3) is 5.56 Å². The Bertz CT molecular complexity index is 938. The van der Waals surface area contributed by atoms with Crippen LogP contribution in [0.5, 0.6) is 0 Å². The van der Waals surface area contributed by atoms with E-state index in [9.17, 15) is 9.59 Å². The first-order valence-electron chi connectivity index (χ1n) is 7.53. The van der Waals surface area contributed by atoms with Gasteiger partial charge in [-0.2, -0.15) is 0 Å². The largest absolute Gasteiger partial charge is 0.348 e. The smallest absolute Gasteiger partial charge is 0.261 e. The molecule has 24 heavy (non-hydrogen) atoms. The van der Waals surface area contributed by atoms with Gasteiger partial charge < -0.3 is 5.32 Å². The van der Waals surface area contributed by atoms with Gasteiger partial charge in [-0.05, 0) is 30.7 Å². The molecule has 5 nitrogen and oxygen atoms in total. The molecule has 0 fully saturated rings. The minimum atomic E-state index is -0.233. The second-order valence-corrected chi connectivity index (χ2v) is 6.45. The second-order valence-electron chi connectivity index (χ2n) is 5.54. The van der Waals surface area contributed by atoms with Gasteiger partial charge in [-0.1, -0.05) is 46.3 Å². The molecule has 0 aliphatic heterocycles. The summed E-state index contributed by atoms with van der Waals surface area (Å²) in [5, 5.41) is 3.38. The van der Waals surface area contributed by atoms with Crippen molar-refractivity contribution >= 4 is 32.7 Å². The zero-order valence-electron chi connectivity index (χ0n) is 13.1. The number of carbonyl (C=O) groups excluding carboxylic acids is 1. The molecule has 1 aromatic heterocycles. The van der Waals surface area contributed by atoms with E-state index in [2.05, 4.69) is 26.2 Å². The predicted octanol–water partition coefficient (Wildman–Crippen LogP) is 3.04. The van der Waals surface area contributed by atoms with Crippen molar-refractivity contribution in [3.8, 4) is 0 Å². The summed E-state index contributed by atoms with van der Waals surface area (Å²) in [6.07, 6.45) is 1.41. The van der Waals surface area contributed by atoms with Crippen LogP contribution in [0.25, 0.3) is 10.9 Å². The molecule has 122 valence electrons. The number of rotatable bonds is 4. The predicted molar refractivity (Wildman–Crippen MR) is 96.7 cm³/mol. The monoisotopic (exact) mass is 385 g/mol. The Labute approximate surface area is 147 Å². The molecule has 1 atom stereocenters. The average molecular weight is 386 g/mol. The molecule has 0 aliphatic rings. The van der Waals surface area contributed by atoms with Crippen LogP contribution in [-0.2, 0) is 11.3 Å². The van der Waals surface area contributed by atoms with Crippen molar-refractivity contribution in [2.75, 3.05) is 0 Å². The van der Waals surface area contributed by atoms with E-state index in [0.717, 1.165) is 10.0 Å². The molecule has 1 N–H and O–H groups in total. The van der Waals surface area contributed by atoms with E-state index in [-0.39, 0.29) is 24.1 Å². The third-order valence-electron chi connectivity index (χ3n) is 3.78. The lowest BCUT2D eigenvalue weighted by molar-refractivity contribution is -0.122. The van der Waals surface area contributed by atoms with Gasteiger partial charge in [0.05, 0.1) is 23.3 Å². The third kappa shape index (κ3) is 3.54. The lowest BCUT2D eigenvalue weighted by Crippen LogP contribution is -2.33. The maximum Gasteiger partial charge on any atom is 0.261 e. The molecule has 3 rings (SSSR count). The van der Waals surface area contributed by atoms with Crippen molar-refractivity contribution in [2.24, 2.45) is 0 Å². The van der Waals surface area contributed by atoms with Crippen molar-refractivity contribution in [1.29, 1.82) is 0 Å². The summed E-state index contributed by atoms with van der Waals surface area (Å²) in [6.45, 7) is 1.84. The van der Waals surface area contributed by atoms with Gasteiger partial charge in [0, 0.05) is 4.47 Å². The van der Waals surface area contributed by atoms with Gasteiger partial charge in [0.15, 0.2) is 0 Å². The van der Waals surface area contributed by atoms with Gasteiger partial charge in [-0.25, -0.2) is 4.98 Å². The topological polar surface area (TPSA) is 64.0 Å². The summed E-state index contributed by atoms with van der Waals surface area (Å²) >= 11 is 3.35. The maximum atomic E-state index is 12.5. The van der Waals surface area contributed by atoms with Gasteiger partial charge in [0.2, 0.25) is 5.91 Å². The van der Waals surface area contributed by atoms with Gasteiger partial charge in [-0.15, -0.1) is 0 Å². The normalized spacial score (nSPS) is 12.1. The molecule has 0 spiro atoms. The van der Waals surface area contributed by atoms with Crippen molar-refractivity contribution in [1.82, 2.24) is 14.9 Å². The Kier molecular flexibility index (Phi) is 4.76. The summed E-state index contributed by atoms with van der Waals surface area (Å²) in [4.78, 5) is 29.0. The van der Waals surface area contributed by atoms with E-state index >= 15 is 0 Å². The molecule has 6 heteroatoms. The number of hydrogen-bond acceptors (Lipinski definition) is 3. The molecule has 3 aromatic rings. The Morgan fingerprint density at radius 3 is 2.75 bits per heavy atom. The van der Waals surface area contributed by atoms with E-state index in [0.29, 0.717) is 10.9 Å². The van der Waals surface area contributed by atoms with Crippen LogP contribution in [-0.4, -0.2) is 15.5 Å². The zero-order chi connectivity index (χ0) is 17.1. The minimum Gasteiger partial charge on any atom is -0.348 e. The number of benzene rings is 2. The van der Waals surface area contributed by atoms with Crippen LogP contribution in [0, 0.1) is 0 Å². The van der Waals surface area contributed by atoms with Crippen LogP contribution in [0.4, 0.5) is 0 Å². The fourth-order valence-corrected chi connectivity index (χ4v) is 2.87. The lowest BCUT2D eigenvalue weighted by atomic mass is 10.1. The number of aromatic nitrogens is 2. The molecular formula is C18H16BrN3O2. The van der Waals surface area contributed by atoms with Crippen molar-refractivity contribution < 1.29 is 4.79 Å². The van der Waals surface area contributed by atoms with Crippen LogP contribution in [0.3, 0.4) is 0 Å². The quantitative estimate of drug-likeness (QED) is 0.750. The van der Waals surface area contributed by atoms with Gasteiger partial charge in [0.1, 0.15) is 6.54 Å². The number of hydrogen-bond donors (Lipinski definition) is 1. The highest BCUT2D eigenvalue weighted by atomic mass is 79.9. The fourth-order valence-electron chi connectivity index (χ4n) is 2.51. The lowest BCUT2D eigenvalue weighted by Gasteiger charge is -2.15. The number of nitrogens with one attached hydrogen (secondary N) is 1.